The van der Waals surface area contributed by atoms with Crippen molar-refractivity contribution in [2.45, 2.75) is 44.9 Å². The zero-order chi connectivity index (χ0) is 18.6. The van der Waals surface area contributed by atoms with Gasteiger partial charge in [0.25, 0.3) is 0 Å². The van der Waals surface area contributed by atoms with Crippen LogP contribution in [0.3, 0.4) is 0 Å². The van der Waals surface area contributed by atoms with E-state index in [0.29, 0.717) is 17.4 Å². The molecule has 0 aromatic heterocycles. The van der Waals surface area contributed by atoms with Gasteiger partial charge >= 0.3 is 0 Å². The van der Waals surface area contributed by atoms with Crippen molar-refractivity contribution in [3.63, 3.8) is 0 Å². The molecule has 24 heavy (non-hydrogen) atoms. The molecule has 0 bridgehead atoms. The van der Waals surface area contributed by atoms with Crippen LogP contribution in [0.5, 0.6) is 0 Å². The molecule has 0 fully saturated rings. The van der Waals surface area contributed by atoms with Crippen LogP contribution in [0.15, 0.2) is 47.9 Å². The molecular weight excluding hydrogens is 322 g/mol. The lowest BCUT2D eigenvalue weighted by Gasteiger charge is -2.23. The molecule has 2 atom stereocenters. The summed E-state index contributed by atoms with van der Waals surface area (Å²) in [6, 6.07) is 8.42. The molecular formula is C19H33NO3S. The number of hydrogen-bond donors (Lipinski definition) is 1. The van der Waals surface area contributed by atoms with Crippen molar-refractivity contribution in [3.05, 3.63) is 43.0 Å². The van der Waals surface area contributed by atoms with E-state index < -0.39 is 10.0 Å². The van der Waals surface area contributed by atoms with Crippen LogP contribution in [0, 0.1) is 11.8 Å². The van der Waals surface area contributed by atoms with Crippen LogP contribution in [0.4, 0.5) is 0 Å². The lowest BCUT2D eigenvalue weighted by atomic mass is 9.96. The van der Waals surface area contributed by atoms with Crippen LogP contribution >= 0.6 is 0 Å². The highest BCUT2D eigenvalue weighted by atomic mass is 32.2. The number of aliphatic hydroxyl groups is 1. The Kier molecular flexibility index (Phi) is 11.6. The molecule has 1 aromatic carbocycles. The van der Waals surface area contributed by atoms with Gasteiger partial charge in [0.15, 0.2) is 0 Å². The van der Waals surface area contributed by atoms with Gasteiger partial charge in [-0.2, -0.15) is 0 Å². The van der Waals surface area contributed by atoms with E-state index in [0.717, 1.165) is 19.3 Å². The first kappa shape index (κ1) is 22.8. The van der Waals surface area contributed by atoms with E-state index >= 15 is 0 Å². The van der Waals surface area contributed by atoms with E-state index in [4.69, 9.17) is 0 Å². The maximum atomic E-state index is 12.4. The standard InChI is InChI=1S/C16H27NO3S.C3H6/c1-4-14(2)10-11-15(13-18)12-17(3)21(19,20)16-8-6-5-7-9-16;1-3-2/h5-9,14-15,18H,4,10-13H2,1-3H3;3H,1H2,2H3. The van der Waals surface area contributed by atoms with Crippen molar-refractivity contribution in [1.82, 2.24) is 4.31 Å². The molecule has 0 aliphatic heterocycles. The third-order valence-corrected chi connectivity index (χ3v) is 5.83. The Bertz CT molecular complexity index is 543. The molecule has 5 heteroatoms. The van der Waals surface area contributed by atoms with Gasteiger partial charge in [0.05, 0.1) is 4.90 Å². The molecule has 4 nitrogen and oxygen atoms in total. The molecule has 0 saturated carbocycles. The molecule has 0 aliphatic carbocycles. The van der Waals surface area contributed by atoms with Gasteiger partial charge in [0, 0.05) is 20.2 Å². The van der Waals surface area contributed by atoms with Gasteiger partial charge in [-0.1, -0.05) is 51.0 Å². The minimum Gasteiger partial charge on any atom is -0.396 e. The SMILES string of the molecule is C=CC.CCC(C)CCC(CO)CN(C)S(=O)(=O)c1ccccc1. The highest BCUT2D eigenvalue weighted by Crippen LogP contribution is 2.19. The Morgan fingerprint density at radius 3 is 2.25 bits per heavy atom. The zero-order valence-corrected chi connectivity index (χ0v) is 16.3. The molecule has 0 radical (unpaired) electrons. The number of benzene rings is 1. The quantitative estimate of drug-likeness (QED) is 0.683. The highest BCUT2D eigenvalue weighted by molar-refractivity contribution is 7.89. The predicted molar refractivity (Wildman–Crippen MR) is 101 cm³/mol. The number of rotatable bonds is 9. The molecule has 0 saturated heterocycles. The Morgan fingerprint density at radius 1 is 1.25 bits per heavy atom. The second kappa shape index (κ2) is 12.2. The van der Waals surface area contributed by atoms with Crippen molar-refractivity contribution in [2.75, 3.05) is 20.2 Å². The van der Waals surface area contributed by atoms with E-state index in [1.807, 2.05) is 6.92 Å². The summed E-state index contributed by atoms with van der Waals surface area (Å²) in [4.78, 5) is 0.297. The van der Waals surface area contributed by atoms with Gasteiger partial charge < -0.3 is 5.11 Å². The van der Waals surface area contributed by atoms with Gasteiger partial charge in [-0.15, -0.1) is 6.58 Å². The normalized spacial score (nSPS) is 13.8. The molecule has 1 rings (SSSR count). The fourth-order valence-electron chi connectivity index (χ4n) is 2.20. The minimum absolute atomic E-state index is 0.0116. The average Bonchev–Trinajstić information content (AvgIpc) is 2.59. The van der Waals surface area contributed by atoms with Gasteiger partial charge in [0.2, 0.25) is 10.0 Å². The monoisotopic (exact) mass is 355 g/mol. The molecule has 0 heterocycles. The van der Waals surface area contributed by atoms with Crippen LogP contribution in [0.25, 0.3) is 0 Å². The number of nitrogens with zero attached hydrogens (tertiary/aromatic N) is 1. The summed E-state index contributed by atoms with van der Waals surface area (Å²) in [6.45, 7) is 9.94. The van der Waals surface area contributed by atoms with Crippen LogP contribution < -0.4 is 0 Å². The van der Waals surface area contributed by atoms with E-state index in [2.05, 4.69) is 20.4 Å². The van der Waals surface area contributed by atoms with Gasteiger partial charge in [0.1, 0.15) is 0 Å². The molecule has 0 spiro atoms. The Hall–Kier alpha value is -1.17. The molecule has 1 N–H and O–H groups in total. The van der Waals surface area contributed by atoms with Crippen molar-refractivity contribution in [3.8, 4) is 0 Å². The van der Waals surface area contributed by atoms with Crippen molar-refractivity contribution >= 4 is 10.0 Å². The second-order valence-corrected chi connectivity index (χ2v) is 8.19. The summed E-state index contributed by atoms with van der Waals surface area (Å²) < 4.78 is 26.2. The largest absolute Gasteiger partial charge is 0.396 e. The zero-order valence-electron chi connectivity index (χ0n) is 15.5. The number of sulfonamides is 1. The van der Waals surface area contributed by atoms with E-state index in [1.165, 1.54) is 4.31 Å². The van der Waals surface area contributed by atoms with Crippen molar-refractivity contribution < 1.29 is 13.5 Å². The molecule has 2 unspecified atom stereocenters. The third-order valence-electron chi connectivity index (χ3n) is 3.99. The summed E-state index contributed by atoms with van der Waals surface area (Å²) in [6.07, 6.45) is 4.72. The molecule has 0 amide bonds. The van der Waals surface area contributed by atoms with Crippen molar-refractivity contribution in [1.29, 1.82) is 0 Å². The lowest BCUT2D eigenvalue weighted by Crippen LogP contribution is -2.33. The predicted octanol–water partition coefficient (Wildman–Crippen LogP) is 3.93. The third kappa shape index (κ3) is 8.08. The summed E-state index contributed by atoms with van der Waals surface area (Å²) in [5.74, 6) is 0.595. The van der Waals surface area contributed by atoms with Crippen LogP contribution in [0.2, 0.25) is 0 Å². The highest BCUT2D eigenvalue weighted by Gasteiger charge is 2.23. The smallest absolute Gasteiger partial charge is 0.242 e. The first-order valence-corrected chi connectivity index (χ1v) is 9.96. The Morgan fingerprint density at radius 2 is 1.79 bits per heavy atom. The molecule has 138 valence electrons. The van der Waals surface area contributed by atoms with E-state index in [1.54, 1.807) is 43.5 Å². The first-order valence-electron chi connectivity index (χ1n) is 8.52. The fraction of sp³-hybridized carbons (Fsp3) is 0.579. The Labute approximate surface area is 148 Å². The summed E-state index contributed by atoms with van der Waals surface area (Å²) in [5, 5.41) is 9.48. The first-order chi connectivity index (χ1) is 11.3. The maximum absolute atomic E-state index is 12.4. The number of aliphatic hydroxyl groups excluding tert-OH is 1. The van der Waals surface area contributed by atoms with E-state index in [-0.39, 0.29) is 12.5 Å². The average molecular weight is 356 g/mol. The van der Waals surface area contributed by atoms with Crippen LogP contribution in [-0.2, 0) is 10.0 Å². The minimum atomic E-state index is -3.47. The maximum Gasteiger partial charge on any atom is 0.242 e. The van der Waals surface area contributed by atoms with Gasteiger partial charge in [-0.3, -0.25) is 0 Å². The van der Waals surface area contributed by atoms with Crippen molar-refractivity contribution in [2.24, 2.45) is 11.8 Å². The van der Waals surface area contributed by atoms with Gasteiger partial charge in [-0.25, -0.2) is 12.7 Å². The van der Waals surface area contributed by atoms with Gasteiger partial charge in [-0.05, 0) is 37.3 Å². The Balaban J connectivity index is 0.00000163. The van der Waals surface area contributed by atoms with Crippen LogP contribution in [0.1, 0.15) is 40.0 Å². The number of allylic oxidation sites excluding steroid dienone is 1. The summed E-state index contributed by atoms with van der Waals surface area (Å²) in [7, 11) is -1.89. The van der Waals surface area contributed by atoms with Crippen LogP contribution in [-0.4, -0.2) is 38.0 Å². The summed E-state index contributed by atoms with van der Waals surface area (Å²) >= 11 is 0. The second-order valence-electron chi connectivity index (χ2n) is 6.15. The lowest BCUT2D eigenvalue weighted by molar-refractivity contribution is 0.192. The fourth-order valence-corrected chi connectivity index (χ4v) is 3.47. The van der Waals surface area contributed by atoms with E-state index in [9.17, 15) is 13.5 Å². The summed E-state index contributed by atoms with van der Waals surface area (Å²) in [5.41, 5.74) is 0. The number of hydrogen-bond acceptors (Lipinski definition) is 3. The molecule has 0 aliphatic rings. The topological polar surface area (TPSA) is 57.6 Å². The molecule has 1 aromatic rings.